The molecule has 2 N–H and O–H groups in total. The molecule has 1 aliphatic carbocycles. The highest BCUT2D eigenvalue weighted by Gasteiger charge is 2.30. The molecule has 2 unspecified atom stereocenters. The van der Waals surface area contributed by atoms with Gasteiger partial charge in [-0.2, -0.15) is 0 Å². The molecule has 1 aliphatic rings. The van der Waals surface area contributed by atoms with Crippen molar-refractivity contribution < 1.29 is 14.3 Å². The van der Waals surface area contributed by atoms with E-state index in [0.717, 1.165) is 25.7 Å². The summed E-state index contributed by atoms with van der Waals surface area (Å²) in [5.74, 6) is 1.13. The number of ether oxygens (including phenoxy) is 2. The van der Waals surface area contributed by atoms with Crippen molar-refractivity contribution >= 4 is 5.91 Å². The maximum Gasteiger partial charge on any atom is 0.257 e. The average molecular weight is 292 g/mol. The molecule has 0 saturated heterocycles. The molecule has 21 heavy (non-hydrogen) atoms. The number of hydrogen-bond acceptors (Lipinski definition) is 4. The molecule has 0 heterocycles. The van der Waals surface area contributed by atoms with Crippen LogP contribution >= 0.6 is 0 Å². The number of nitrogens with two attached hydrogens (primary N) is 1. The number of carbonyl (C=O) groups excluding carboxylic acids is 1. The van der Waals surface area contributed by atoms with Gasteiger partial charge in [0, 0.05) is 25.2 Å². The van der Waals surface area contributed by atoms with E-state index in [4.69, 9.17) is 15.2 Å². The summed E-state index contributed by atoms with van der Waals surface area (Å²) in [5.41, 5.74) is 6.71. The van der Waals surface area contributed by atoms with Gasteiger partial charge in [-0.3, -0.25) is 4.79 Å². The van der Waals surface area contributed by atoms with E-state index in [-0.39, 0.29) is 18.0 Å². The Kier molecular flexibility index (Phi) is 5.07. The Bertz CT molecular complexity index is 504. The van der Waals surface area contributed by atoms with Crippen LogP contribution in [0.2, 0.25) is 0 Å². The van der Waals surface area contributed by atoms with E-state index in [9.17, 15) is 4.79 Å². The van der Waals surface area contributed by atoms with Crippen molar-refractivity contribution in [1.82, 2.24) is 4.90 Å². The van der Waals surface area contributed by atoms with Crippen LogP contribution in [0.4, 0.5) is 0 Å². The number of rotatable bonds is 4. The molecule has 116 valence electrons. The van der Waals surface area contributed by atoms with E-state index in [0.29, 0.717) is 17.1 Å². The largest absolute Gasteiger partial charge is 0.497 e. The van der Waals surface area contributed by atoms with Crippen LogP contribution < -0.4 is 15.2 Å². The van der Waals surface area contributed by atoms with Crippen LogP contribution in [-0.2, 0) is 0 Å². The van der Waals surface area contributed by atoms with Crippen molar-refractivity contribution in [1.29, 1.82) is 0 Å². The molecule has 1 aromatic rings. The molecule has 5 nitrogen and oxygen atoms in total. The topological polar surface area (TPSA) is 64.8 Å². The van der Waals surface area contributed by atoms with Crippen LogP contribution in [0.1, 0.15) is 36.0 Å². The lowest BCUT2D eigenvalue weighted by molar-refractivity contribution is 0.0669. The summed E-state index contributed by atoms with van der Waals surface area (Å²) in [4.78, 5) is 14.5. The maximum absolute atomic E-state index is 12.7. The van der Waals surface area contributed by atoms with Gasteiger partial charge in [-0.1, -0.05) is 12.8 Å². The van der Waals surface area contributed by atoms with Gasteiger partial charge in [-0.25, -0.2) is 0 Å². The fourth-order valence-electron chi connectivity index (χ4n) is 2.94. The minimum Gasteiger partial charge on any atom is -0.497 e. The lowest BCUT2D eigenvalue weighted by Gasteiger charge is -2.36. The molecule has 0 aromatic heterocycles. The third kappa shape index (κ3) is 3.29. The number of hydrogen-bond donors (Lipinski definition) is 1. The summed E-state index contributed by atoms with van der Waals surface area (Å²) >= 11 is 0. The van der Waals surface area contributed by atoms with E-state index >= 15 is 0 Å². The Hall–Kier alpha value is -1.75. The van der Waals surface area contributed by atoms with Crippen molar-refractivity contribution in [3.63, 3.8) is 0 Å². The molecular formula is C16H24N2O3. The molecule has 0 spiro atoms. The van der Waals surface area contributed by atoms with Gasteiger partial charge in [0.25, 0.3) is 5.91 Å². The predicted octanol–water partition coefficient (Wildman–Crippen LogP) is 2.05. The van der Waals surface area contributed by atoms with Crippen LogP contribution in [0.25, 0.3) is 0 Å². The van der Waals surface area contributed by atoms with Crippen molar-refractivity contribution in [2.45, 2.75) is 37.8 Å². The monoisotopic (exact) mass is 292 g/mol. The van der Waals surface area contributed by atoms with Crippen molar-refractivity contribution in [2.75, 3.05) is 21.3 Å². The standard InChI is InChI=1S/C16H24N2O3/c1-18(14-7-5-4-6-13(14)17)16(19)12-9-8-11(20-2)10-15(12)21-3/h8-10,13-14H,4-7,17H2,1-3H3. The second-order valence-electron chi connectivity index (χ2n) is 5.50. The van der Waals surface area contributed by atoms with Crippen molar-refractivity contribution in [2.24, 2.45) is 5.73 Å². The Morgan fingerprint density at radius 3 is 2.57 bits per heavy atom. The number of nitrogens with zero attached hydrogens (tertiary/aromatic N) is 1. The number of methoxy groups -OCH3 is 2. The van der Waals surface area contributed by atoms with Gasteiger partial charge in [0.15, 0.2) is 0 Å². The average Bonchev–Trinajstić information content (AvgIpc) is 2.53. The number of carbonyl (C=O) groups is 1. The van der Waals surface area contributed by atoms with Gasteiger partial charge in [-0.05, 0) is 25.0 Å². The molecule has 0 aliphatic heterocycles. The van der Waals surface area contributed by atoms with Gasteiger partial charge in [0.05, 0.1) is 19.8 Å². The highest BCUT2D eigenvalue weighted by molar-refractivity contribution is 5.97. The summed E-state index contributed by atoms with van der Waals surface area (Å²) in [7, 11) is 4.96. The molecule has 1 fully saturated rings. The lowest BCUT2D eigenvalue weighted by atomic mass is 9.89. The molecule has 2 rings (SSSR count). The predicted molar refractivity (Wildman–Crippen MR) is 81.9 cm³/mol. The molecule has 2 atom stereocenters. The second-order valence-corrected chi connectivity index (χ2v) is 5.50. The zero-order valence-corrected chi connectivity index (χ0v) is 13.0. The van der Waals surface area contributed by atoms with E-state index in [2.05, 4.69) is 0 Å². The van der Waals surface area contributed by atoms with Gasteiger partial charge in [-0.15, -0.1) is 0 Å². The first-order valence-corrected chi connectivity index (χ1v) is 7.33. The molecule has 5 heteroatoms. The molecular weight excluding hydrogens is 268 g/mol. The summed E-state index contributed by atoms with van der Waals surface area (Å²) in [6, 6.07) is 5.38. The maximum atomic E-state index is 12.7. The van der Waals surface area contributed by atoms with E-state index in [1.165, 1.54) is 0 Å². The number of benzene rings is 1. The Morgan fingerprint density at radius 2 is 1.95 bits per heavy atom. The highest BCUT2D eigenvalue weighted by Crippen LogP contribution is 2.28. The van der Waals surface area contributed by atoms with E-state index < -0.39 is 0 Å². The summed E-state index contributed by atoms with van der Waals surface area (Å²) < 4.78 is 10.5. The van der Waals surface area contributed by atoms with Crippen LogP contribution in [0, 0.1) is 0 Å². The second kappa shape index (κ2) is 6.80. The van der Waals surface area contributed by atoms with E-state index in [1.54, 1.807) is 37.3 Å². The molecule has 1 amide bonds. The Balaban J connectivity index is 2.22. The fraction of sp³-hybridized carbons (Fsp3) is 0.562. The smallest absolute Gasteiger partial charge is 0.257 e. The highest BCUT2D eigenvalue weighted by atomic mass is 16.5. The van der Waals surface area contributed by atoms with Crippen LogP contribution in [0.3, 0.4) is 0 Å². The Labute approximate surface area is 126 Å². The molecule has 1 aromatic carbocycles. The van der Waals surface area contributed by atoms with Crippen LogP contribution in [0.15, 0.2) is 18.2 Å². The lowest BCUT2D eigenvalue weighted by Crippen LogP contribution is -2.50. The van der Waals surface area contributed by atoms with Gasteiger partial charge < -0.3 is 20.1 Å². The summed E-state index contributed by atoms with van der Waals surface area (Å²) in [6.45, 7) is 0. The van der Waals surface area contributed by atoms with E-state index in [1.807, 2.05) is 7.05 Å². The number of amides is 1. The van der Waals surface area contributed by atoms with Crippen LogP contribution in [0.5, 0.6) is 11.5 Å². The minimum atomic E-state index is -0.0585. The summed E-state index contributed by atoms with van der Waals surface area (Å²) in [6.07, 6.45) is 4.20. The fourth-order valence-corrected chi connectivity index (χ4v) is 2.94. The minimum absolute atomic E-state index is 0.0527. The zero-order valence-electron chi connectivity index (χ0n) is 13.0. The molecule has 1 saturated carbocycles. The number of likely N-dealkylation sites (N-methyl/N-ethyl adjacent to an activating group) is 1. The SMILES string of the molecule is COc1ccc(C(=O)N(C)C2CCCCC2N)c(OC)c1. The third-order valence-electron chi connectivity index (χ3n) is 4.24. The molecule has 0 bridgehead atoms. The van der Waals surface area contributed by atoms with Crippen LogP contribution in [-0.4, -0.2) is 44.2 Å². The zero-order chi connectivity index (χ0) is 15.4. The first-order chi connectivity index (χ1) is 10.1. The quantitative estimate of drug-likeness (QED) is 0.922. The first kappa shape index (κ1) is 15.6. The van der Waals surface area contributed by atoms with Gasteiger partial charge in [0.1, 0.15) is 11.5 Å². The normalized spacial score (nSPS) is 21.7. The third-order valence-corrected chi connectivity index (χ3v) is 4.24. The summed E-state index contributed by atoms with van der Waals surface area (Å²) in [5, 5.41) is 0. The van der Waals surface area contributed by atoms with Gasteiger partial charge in [0.2, 0.25) is 0 Å². The van der Waals surface area contributed by atoms with Crippen molar-refractivity contribution in [3.8, 4) is 11.5 Å². The first-order valence-electron chi connectivity index (χ1n) is 7.33. The Morgan fingerprint density at radius 1 is 1.24 bits per heavy atom. The van der Waals surface area contributed by atoms with Crippen molar-refractivity contribution in [3.05, 3.63) is 23.8 Å². The molecule has 0 radical (unpaired) electrons. The van der Waals surface area contributed by atoms with Gasteiger partial charge >= 0.3 is 0 Å².